The van der Waals surface area contributed by atoms with Crippen molar-refractivity contribution in [3.05, 3.63) is 83.6 Å². The maximum absolute atomic E-state index is 15.0. The van der Waals surface area contributed by atoms with E-state index in [1.165, 1.54) is 10.9 Å². The van der Waals surface area contributed by atoms with E-state index in [1.54, 1.807) is 26.0 Å². The molecule has 5 rings (SSSR count). The molecule has 0 aliphatic rings. The number of fused-ring (bicyclic) bond motifs is 1. The number of benzene rings is 2. The number of pyridine rings is 1. The van der Waals surface area contributed by atoms with Crippen LogP contribution in [-0.4, -0.2) is 52.9 Å². The lowest BCUT2D eigenvalue weighted by Gasteiger charge is -2.36. The standard InChI is InChI=1S/C35H41F3N6O3Si/c1-8-45-23-17-26(36)25(27(37)18-23)21-44-30-13-10-9-12-24(30)32(43-44)34-40-20-31(46-14-11-15-47-48(6,7)35(3,4)5)33(42-34)41-29-16-22(2)39-19-28(29)38/h9-10,12-13,16-20H,8,11,14-15,21H2,1-7H3,(H,39,40,41,42). The summed E-state index contributed by atoms with van der Waals surface area (Å²) in [4.78, 5) is 13.3. The molecule has 0 atom stereocenters. The molecule has 3 aromatic heterocycles. The highest BCUT2D eigenvalue weighted by molar-refractivity contribution is 6.74. The maximum Gasteiger partial charge on any atom is 0.191 e. The summed E-state index contributed by atoms with van der Waals surface area (Å²) in [6.45, 7) is 15.4. The third-order valence-electron chi connectivity index (χ3n) is 8.42. The van der Waals surface area contributed by atoms with Crippen LogP contribution in [0.1, 0.15) is 45.4 Å². The van der Waals surface area contributed by atoms with Crippen LogP contribution in [-0.2, 0) is 11.0 Å². The van der Waals surface area contributed by atoms with Crippen molar-refractivity contribution in [2.24, 2.45) is 0 Å². The Morgan fingerprint density at radius 2 is 1.65 bits per heavy atom. The molecule has 48 heavy (non-hydrogen) atoms. The van der Waals surface area contributed by atoms with Gasteiger partial charge in [0.05, 0.1) is 43.4 Å². The number of nitrogens with one attached hydrogen (secondary N) is 1. The molecule has 13 heteroatoms. The normalized spacial score (nSPS) is 12.0. The molecule has 0 saturated heterocycles. The molecule has 0 fully saturated rings. The summed E-state index contributed by atoms with van der Waals surface area (Å²) in [6, 6.07) is 11.2. The third-order valence-corrected chi connectivity index (χ3v) is 13.0. The topological polar surface area (TPSA) is 96.2 Å². The average Bonchev–Trinajstić information content (AvgIpc) is 3.39. The van der Waals surface area contributed by atoms with Crippen LogP contribution in [0.4, 0.5) is 24.7 Å². The summed E-state index contributed by atoms with van der Waals surface area (Å²) < 4.78 is 64.0. The number of halogens is 3. The van der Waals surface area contributed by atoms with E-state index in [2.05, 4.69) is 49.1 Å². The van der Waals surface area contributed by atoms with Crippen molar-refractivity contribution in [2.75, 3.05) is 25.1 Å². The van der Waals surface area contributed by atoms with Crippen LogP contribution in [0.5, 0.6) is 11.5 Å². The summed E-state index contributed by atoms with van der Waals surface area (Å²) in [5, 5.41) is 8.49. The predicted octanol–water partition coefficient (Wildman–Crippen LogP) is 8.60. The van der Waals surface area contributed by atoms with Crippen LogP contribution < -0.4 is 14.8 Å². The van der Waals surface area contributed by atoms with Gasteiger partial charge >= 0.3 is 0 Å². The van der Waals surface area contributed by atoms with Crippen molar-refractivity contribution >= 4 is 30.7 Å². The van der Waals surface area contributed by atoms with Crippen LogP contribution in [0.2, 0.25) is 18.1 Å². The average molecular weight is 679 g/mol. The Balaban J connectivity index is 1.47. The number of rotatable bonds is 13. The van der Waals surface area contributed by atoms with E-state index in [4.69, 9.17) is 24.0 Å². The molecule has 0 unspecified atom stereocenters. The molecule has 3 heterocycles. The quantitative estimate of drug-likeness (QED) is 0.0978. The largest absolute Gasteiger partial charge is 0.494 e. The fourth-order valence-corrected chi connectivity index (χ4v) is 5.86. The van der Waals surface area contributed by atoms with E-state index in [0.29, 0.717) is 47.7 Å². The number of ether oxygens (including phenoxy) is 2. The van der Waals surface area contributed by atoms with Gasteiger partial charge in [-0.1, -0.05) is 39.0 Å². The maximum atomic E-state index is 15.0. The van der Waals surface area contributed by atoms with Gasteiger partial charge in [0, 0.05) is 41.8 Å². The van der Waals surface area contributed by atoms with E-state index < -0.39 is 25.8 Å². The van der Waals surface area contributed by atoms with Gasteiger partial charge in [0.15, 0.2) is 31.5 Å². The lowest BCUT2D eigenvalue weighted by molar-refractivity contribution is 0.233. The lowest BCUT2D eigenvalue weighted by atomic mass is 10.1. The second kappa shape index (κ2) is 14.3. The summed E-state index contributed by atoms with van der Waals surface area (Å²) in [5.74, 6) is -1.20. The highest BCUT2D eigenvalue weighted by atomic mass is 28.4. The Hall–Kier alpha value is -4.49. The smallest absolute Gasteiger partial charge is 0.191 e. The van der Waals surface area contributed by atoms with Crippen molar-refractivity contribution < 1.29 is 27.1 Å². The van der Waals surface area contributed by atoms with Gasteiger partial charge in [-0.15, -0.1) is 0 Å². The first kappa shape index (κ1) is 34.8. The first-order valence-corrected chi connectivity index (χ1v) is 18.8. The fourth-order valence-electron chi connectivity index (χ4n) is 4.78. The van der Waals surface area contributed by atoms with Gasteiger partial charge in [0.1, 0.15) is 23.1 Å². The molecule has 0 radical (unpaired) electrons. The van der Waals surface area contributed by atoms with Gasteiger partial charge in [-0.3, -0.25) is 9.67 Å². The lowest BCUT2D eigenvalue weighted by Crippen LogP contribution is -2.41. The zero-order valence-electron chi connectivity index (χ0n) is 28.3. The zero-order valence-corrected chi connectivity index (χ0v) is 29.3. The molecular formula is C35H41F3N6O3Si. The molecule has 0 saturated carbocycles. The third kappa shape index (κ3) is 7.79. The monoisotopic (exact) mass is 678 g/mol. The minimum absolute atomic E-state index is 0.0923. The van der Waals surface area contributed by atoms with E-state index in [-0.39, 0.29) is 46.8 Å². The van der Waals surface area contributed by atoms with Crippen LogP contribution in [0.3, 0.4) is 0 Å². The first-order valence-electron chi connectivity index (χ1n) is 15.9. The second-order valence-corrected chi connectivity index (χ2v) is 17.8. The predicted molar refractivity (Wildman–Crippen MR) is 183 cm³/mol. The summed E-state index contributed by atoms with van der Waals surface area (Å²) in [5.41, 5.74) is 1.61. The number of anilines is 2. The molecule has 0 amide bonds. The zero-order chi connectivity index (χ0) is 34.6. The number of hydrogen-bond acceptors (Lipinski definition) is 8. The van der Waals surface area contributed by atoms with E-state index in [9.17, 15) is 4.39 Å². The van der Waals surface area contributed by atoms with Gasteiger partial charge in [0.25, 0.3) is 0 Å². The van der Waals surface area contributed by atoms with Crippen LogP contribution in [0.25, 0.3) is 22.4 Å². The van der Waals surface area contributed by atoms with E-state index in [0.717, 1.165) is 18.3 Å². The Morgan fingerprint density at radius 1 is 0.917 bits per heavy atom. The Kier molecular flexibility index (Phi) is 10.4. The molecule has 0 aliphatic heterocycles. The van der Waals surface area contributed by atoms with Crippen molar-refractivity contribution in [3.8, 4) is 23.0 Å². The Morgan fingerprint density at radius 3 is 2.35 bits per heavy atom. The summed E-state index contributed by atoms with van der Waals surface area (Å²) in [7, 11) is -1.91. The molecule has 9 nitrogen and oxygen atoms in total. The minimum atomic E-state index is -1.91. The SMILES string of the molecule is CCOc1cc(F)c(Cn2nc(-c3ncc(OCCCO[Si](C)(C)C(C)(C)C)c(Nc4cc(C)ncc4F)n3)c3ccccc32)c(F)c1. The molecule has 0 spiro atoms. The number of para-hydroxylation sites is 1. The molecular weight excluding hydrogens is 638 g/mol. The van der Waals surface area contributed by atoms with Gasteiger partial charge in [-0.2, -0.15) is 5.10 Å². The summed E-state index contributed by atoms with van der Waals surface area (Å²) >= 11 is 0. The first-order chi connectivity index (χ1) is 22.8. The van der Waals surface area contributed by atoms with E-state index in [1.807, 2.05) is 18.2 Å². The Bertz CT molecular complexity index is 1890. The van der Waals surface area contributed by atoms with Crippen LogP contribution in [0.15, 0.2) is 54.9 Å². The number of nitrogens with zero attached hydrogens (tertiary/aromatic N) is 5. The molecule has 254 valence electrons. The molecule has 1 N–H and O–H groups in total. The fraction of sp³-hybridized carbons (Fsp3) is 0.371. The van der Waals surface area contributed by atoms with Crippen LogP contribution in [0, 0.1) is 24.4 Å². The van der Waals surface area contributed by atoms with Crippen molar-refractivity contribution in [1.82, 2.24) is 24.7 Å². The number of aryl methyl sites for hydroxylation is 1. The van der Waals surface area contributed by atoms with Gasteiger partial charge in [-0.05, 0) is 44.1 Å². The highest BCUT2D eigenvalue weighted by Gasteiger charge is 2.36. The van der Waals surface area contributed by atoms with Gasteiger partial charge in [0.2, 0.25) is 0 Å². The van der Waals surface area contributed by atoms with Crippen molar-refractivity contribution in [1.29, 1.82) is 0 Å². The number of aromatic nitrogens is 5. The minimum Gasteiger partial charge on any atom is -0.494 e. The Labute approximate surface area is 279 Å². The number of hydrogen-bond donors (Lipinski definition) is 1. The van der Waals surface area contributed by atoms with Crippen molar-refractivity contribution in [3.63, 3.8) is 0 Å². The molecule has 5 aromatic rings. The van der Waals surface area contributed by atoms with Crippen molar-refractivity contribution in [2.45, 2.75) is 65.7 Å². The molecule has 0 bridgehead atoms. The van der Waals surface area contributed by atoms with Gasteiger partial charge in [-0.25, -0.2) is 23.1 Å². The second-order valence-electron chi connectivity index (χ2n) is 13.0. The van der Waals surface area contributed by atoms with Crippen LogP contribution >= 0.6 is 0 Å². The van der Waals surface area contributed by atoms with Gasteiger partial charge < -0.3 is 19.2 Å². The molecule has 0 aliphatic carbocycles. The summed E-state index contributed by atoms with van der Waals surface area (Å²) in [6.07, 6.45) is 3.27. The highest BCUT2D eigenvalue weighted by Crippen LogP contribution is 2.37. The van der Waals surface area contributed by atoms with E-state index >= 15 is 8.78 Å². The molecule has 2 aromatic carbocycles.